The van der Waals surface area contributed by atoms with Crippen LogP contribution in [0, 0.1) is 0 Å². The molecule has 0 aliphatic carbocycles. The van der Waals surface area contributed by atoms with E-state index in [1.54, 1.807) is 12.1 Å². The van der Waals surface area contributed by atoms with Gasteiger partial charge in [-0.3, -0.25) is 4.72 Å². The first kappa shape index (κ1) is 23.9. The Morgan fingerprint density at radius 2 is 1.73 bits per heavy atom. The largest absolute Gasteiger partial charge is 0.573 e. The number of hydrazone groups is 1. The minimum absolute atomic E-state index is 0.125. The van der Waals surface area contributed by atoms with Gasteiger partial charge in [-0.1, -0.05) is 42.5 Å². The fraction of sp³-hybridized carbons (Fsp3) is 0.136. The van der Waals surface area contributed by atoms with E-state index in [9.17, 15) is 21.6 Å². The first-order valence-corrected chi connectivity index (χ1v) is 11.1. The van der Waals surface area contributed by atoms with Gasteiger partial charge in [-0.2, -0.15) is 5.10 Å². The van der Waals surface area contributed by atoms with Crippen LogP contribution in [0.3, 0.4) is 0 Å². The van der Waals surface area contributed by atoms with Crippen molar-refractivity contribution in [3.63, 3.8) is 0 Å². The number of anilines is 1. The summed E-state index contributed by atoms with van der Waals surface area (Å²) in [5.74, 6) is 4.68. The van der Waals surface area contributed by atoms with Crippen molar-refractivity contribution in [2.45, 2.75) is 17.7 Å². The molecule has 3 N–H and O–H groups in total. The molecule has 0 aromatic heterocycles. The second-order valence-electron chi connectivity index (χ2n) is 6.75. The highest BCUT2D eigenvalue weighted by atomic mass is 32.2. The summed E-state index contributed by atoms with van der Waals surface area (Å²) in [7, 11) is -4.36. The fourth-order valence-electron chi connectivity index (χ4n) is 2.88. The Kier molecular flexibility index (Phi) is 7.44. The van der Waals surface area contributed by atoms with Crippen molar-refractivity contribution in [3.05, 3.63) is 83.9 Å². The molecule has 0 aliphatic rings. The van der Waals surface area contributed by atoms with Crippen LogP contribution in [0.5, 0.6) is 11.5 Å². The molecular weight excluding hydrogens is 459 g/mol. The maximum absolute atomic E-state index is 12.7. The van der Waals surface area contributed by atoms with E-state index >= 15 is 0 Å². The van der Waals surface area contributed by atoms with Gasteiger partial charge in [0.25, 0.3) is 10.0 Å². The molecule has 0 bridgehead atoms. The Hall–Kier alpha value is -3.73. The molecule has 33 heavy (non-hydrogen) atoms. The van der Waals surface area contributed by atoms with Crippen molar-refractivity contribution in [2.24, 2.45) is 10.9 Å². The molecule has 3 aromatic carbocycles. The molecule has 0 atom stereocenters. The molecule has 174 valence electrons. The van der Waals surface area contributed by atoms with Crippen LogP contribution in [-0.4, -0.2) is 27.6 Å². The Morgan fingerprint density at radius 3 is 2.42 bits per heavy atom. The van der Waals surface area contributed by atoms with Crippen molar-refractivity contribution >= 4 is 21.9 Å². The lowest BCUT2D eigenvalue weighted by molar-refractivity contribution is -0.275. The highest BCUT2D eigenvalue weighted by Gasteiger charge is 2.34. The summed E-state index contributed by atoms with van der Waals surface area (Å²) in [6.07, 6.45) is -2.91. The quantitative estimate of drug-likeness (QED) is 0.271. The van der Waals surface area contributed by atoms with Gasteiger partial charge in [-0.05, 0) is 35.4 Å². The summed E-state index contributed by atoms with van der Waals surface area (Å²) in [5.41, 5.74) is 2.01. The monoisotopic (exact) mass is 479 g/mol. The van der Waals surface area contributed by atoms with Crippen molar-refractivity contribution in [1.82, 2.24) is 0 Å². The number of alkyl halides is 3. The van der Waals surface area contributed by atoms with Gasteiger partial charge in [0.2, 0.25) is 0 Å². The average molecular weight is 479 g/mol. The Balaban J connectivity index is 1.66. The van der Waals surface area contributed by atoms with Gasteiger partial charge >= 0.3 is 6.36 Å². The van der Waals surface area contributed by atoms with Crippen LogP contribution in [0.15, 0.2) is 82.8 Å². The molecule has 0 amide bonds. The molecule has 0 heterocycles. The van der Waals surface area contributed by atoms with Crippen molar-refractivity contribution in [2.75, 3.05) is 11.3 Å². The molecule has 11 heteroatoms. The first-order chi connectivity index (χ1) is 15.7. The standard InChI is InChI=1S/C22H20F3N3O4S/c23-22(24,25)32-20-6-1-2-7-21(20)33(29,30)28-18-4-3-5-19(14-18)31-13-12-16-8-10-17(11-9-16)15-27-26/h1-11,14-15,28H,12-13,26H2/b27-15-. The number of nitrogens with zero attached hydrogens (tertiary/aromatic N) is 1. The van der Waals surface area contributed by atoms with Gasteiger partial charge in [-0.15, -0.1) is 13.2 Å². The number of hydrogen-bond acceptors (Lipinski definition) is 6. The summed E-state index contributed by atoms with van der Waals surface area (Å²) in [6, 6.07) is 18.1. The van der Waals surface area contributed by atoms with Crippen LogP contribution in [0.25, 0.3) is 0 Å². The first-order valence-electron chi connectivity index (χ1n) is 9.59. The zero-order chi connectivity index (χ0) is 23.9. The van der Waals surface area contributed by atoms with Gasteiger partial charge < -0.3 is 15.3 Å². The summed E-state index contributed by atoms with van der Waals surface area (Å²) in [6.45, 7) is 0.322. The van der Waals surface area contributed by atoms with E-state index in [1.165, 1.54) is 30.5 Å². The summed E-state index contributed by atoms with van der Waals surface area (Å²) < 4.78 is 75.0. The second kappa shape index (κ2) is 10.3. The predicted octanol–water partition coefficient (Wildman–Crippen LogP) is 4.30. The van der Waals surface area contributed by atoms with Crippen LogP contribution >= 0.6 is 0 Å². The van der Waals surface area contributed by atoms with Gasteiger partial charge in [0.05, 0.1) is 18.5 Å². The molecule has 0 aliphatic heterocycles. The Bertz CT molecular complexity index is 1210. The lowest BCUT2D eigenvalue weighted by atomic mass is 10.1. The molecule has 0 fully saturated rings. The van der Waals surface area contributed by atoms with Crippen LogP contribution < -0.4 is 20.0 Å². The molecule has 0 radical (unpaired) electrons. The number of rotatable bonds is 9. The van der Waals surface area contributed by atoms with Crippen LogP contribution in [-0.2, 0) is 16.4 Å². The minimum Gasteiger partial charge on any atom is -0.493 e. The fourth-order valence-corrected chi connectivity index (χ4v) is 4.06. The number of benzene rings is 3. The van der Waals surface area contributed by atoms with E-state index in [1.807, 2.05) is 24.3 Å². The number of sulfonamides is 1. The number of ether oxygens (including phenoxy) is 2. The van der Waals surface area contributed by atoms with Gasteiger partial charge in [0.15, 0.2) is 0 Å². The average Bonchev–Trinajstić information content (AvgIpc) is 2.74. The summed E-state index contributed by atoms with van der Waals surface area (Å²) in [5, 5.41) is 3.46. The van der Waals surface area contributed by atoms with Crippen LogP contribution in [0.4, 0.5) is 18.9 Å². The molecule has 7 nitrogen and oxygen atoms in total. The van der Waals surface area contributed by atoms with Gasteiger partial charge in [0.1, 0.15) is 16.4 Å². The molecular formula is C22H20F3N3O4S. The van der Waals surface area contributed by atoms with E-state index < -0.39 is 27.0 Å². The molecule has 3 aromatic rings. The lowest BCUT2D eigenvalue weighted by Gasteiger charge is -2.15. The molecule has 0 unspecified atom stereocenters. The van der Waals surface area contributed by atoms with E-state index in [0.717, 1.165) is 23.3 Å². The van der Waals surface area contributed by atoms with E-state index in [4.69, 9.17) is 10.6 Å². The zero-order valence-electron chi connectivity index (χ0n) is 17.1. The highest BCUT2D eigenvalue weighted by molar-refractivity contribution is 7.92. The number of para-hydroxylation sites is 1. The number of nitrogens with one attached hydrogen (secondary N) is 1. The third-order valence-corrected chi connectivity index (χ3v) is 5.73. The smallest absolute Gasteiger partial charge is 0.493 e. The molecule has 0 saturated carbocycles. The molecule has 0 spiro atoms. The maximum atomic E-state index is 12.7. The normalized spacial score (nSPS) is 12.0. The third-order valence-electron chi connectivity index (χ3n) is 4.31. The minimum atomic E-state index is -5.03. The Labute approximate surface area is 188 Å². The predicted molar refractivity (Wildman–Crippen MR) is 118 cm³/mol. The highest BCUT2D eigenvalue weighted by Crippen LogP contribution is 2.31. The van der Waals surface area contributed by atoms with E-state index in [-0.39, 0.29) is 5.69 Å². The lowest BCUT2D eigenvalue weighted by Crippen LogP contribution is -2.20. The maximum Gasteiger partial charge on any atom is 0.573 e. The number of hydrogen-bond donors (Lipinski definition) is 2. The van der Waals surface area contributed by atoms with E-state index in [2.05, 4.69) is 14.6 Å². The number of halogens is 3. The SMILES string of the molecule is N/N=C\c1ccc(CCOc2cccc(NS(=O)(=O)c3ccccc3OC(F)(F)F)c2)cc1. The summed E-state index contributed by atoms with van der Waals surface area (Å²) in [4.78, 5) is -0.642. The van der Waals surface area contributed by atoms with Crippen molar-refractivity contribution in [1.29, 1.82) is 0 Å². The third kappa shape index (κ3) is 7.14. The second-order valence-corrected chi connectivity index (χ2v) is 8.40. The van der Waals surface area contributed by atoms with Crippen LogP contribution in [0.2, 0.25) is 0 Å². The van der Waals surface area contributed by atoms with Crippen molar-refractivity contribution in [3.8, 4) is 11.5 Å². The Morgan fingerprint density at radius 1 is 1.00 bits per heavy atom. The van der Waals surface area contributed by atoms with Crippen LogP contribution in [0.1, 0.15) is 11.1 Å². The van der Waals surface area contributed by atoms with Gasteiger partial charge in [-0.25, -0.2) is 8.42 Å². The molecule has 3 rings (SSSR count). The van der Waals surface area contributed by atoms with Crippen molar-refractivity contribution < 1.29 is 31.1 Å². The zero-order valence-corrected chi connectivity index (χ0v) is 17.9. The topological polar surface area (TPSA) is 103 Å². The summed E-state index contributed by atoms with van der Waals surface area (Å²) >= 11 is 0. The van der Waals surface area contributed by atoms with Gasteiger partial charge in [0, 0.05) is 12.5 Å². The van der Waals surface area contributed by atoms with E-state index in [0.29, 0.717) is 18.8 Å². The number of nitrogens with two attached hydrogens (primary N) is 1. The molecule has 0 saturated heterocycles.